The number of hydrogen-bond acceptors (Lipinski definition) is 6. The number of H-pyrrole nitrogens is 1. The van der Waals surface area contributed by atoms with Gasteiger partial charge in [-0.3, -0.25) is 9.78 Å². The van der Waals surface area contributed by atoms with Crippen LogP contribution >= 0.6 is 39.9 Å². The Kier molecular flexibility index (Phi) is 8.45. The highest BCUT2D eigenvalue weighted by Crippen LogP contribution is 2.37. The lowest BCUT2D eigenvalue weighted by Crippen LogP contribution is -2.21. The van der Waals surface area contributed by atoms with E-state index >= 15 is 0 Å². The second-order valence-corrected chi connectivity index (χ2v) is 7.19. The van der Waals surface area contributed by atoms with Gasteiger partial charge < -0.3 is 14.7 Å². The van der Waals surface area contributed by atoms with Crippen LogP contribution in [0.15, 0.2) is 58.1 Å². The summed E-state index contributed by atoms with van der Waals surface area (Å²) >= 11 is 9.30. The Labute approximate surface area is 187 Å². The molecule has 0 aliphatic heterocycles. The summed E-state index contributed by atoms with van der Waals surface area (Å²) in [5, 5.41) is 16.6. The molecule has 10 heteroatoms. The first-order valence-electron chi connectivity index (χ1n) is 8.46. The van der Waals surface area contributed by atoms with Crippen LogP contribution in [0.25, 0.3) is 0 Å². The molecule has 0 aliphatic rings. The average Bonchev–Trinajstić information content (AvgIpc) is 2.71. The molecule has 2 aromatic heterocycles. The van der Waals surface area contributed by atoms with Crippen molar-refractivity contribution < 1.29 is 9.84 Å². The van der Waals surface area contributed by atoms with Gasteiger partial charge in [0, 0.05) is 31.3 Å². The molecule has 0 bridgehead atoms. The van der Waals surface area contributed by atoms with Gasteiger partial charge in [0.15, 0.2) is 0 Å². The van der Waals surface area contributed by atoms with Crippen molar-refractivity contribution in [2.24, 2.45) is 0 Å². The van der Waals surface area contributed by atoms with Crippen LogP contribution in [0.5, 0.6) is 5.88 Å². The highest BCUT2D eigenvalue weighted by molar-refractivity contribution is 9.10. The third kappa shape index (κ3) is 5.48. The van der Waals surface area contributed by atoms with E-state index in [4.69, 9.17) is 16.3 Å². The zero-order valence-corrected chi connectivity index (χ0v) is 18.5. The molecule has 1 aromatic carbocycles. The van der Waals surface area contributed by atoms with Gasteiger partial charge in [0.2, 0.25) is 0 Å². The van der Waals surface area contributed by atoms with E-state index in [0.717, 1.165) is 11.3 Å². The van der Waals surface area contributed by atoms with Gasteiger partial charge in [-0.2, -0.15) is 0 Å². The fourth-order valence-electron chi connectivity index (χ4n) is 2.68. The van der Waals surface area contributed by atoms with Gasteiger partial charge >= 0.3 is 0 Å². The predicted octanol–water partition coefficient (Wildman–Crippen LogP) is 4.27. The third-order valence-corrected chi connectivity index (χ3v) is 5.11. The Morgan fingerprint density at radius 2 is 2.03 bits per heavy atom. The first-order valence-corrected chi connectivity index (χ1v) is 9.63. The molecule has 2 N–H and O–H groups in total. The van der Waals surface area contributed by atoms with Crippen molar-refractivity contribution in [3.8, 4) is 5.88 Å². The summed E-state index contributed by atoms with van der Waals surface area (Å²) in [5.74, 6) is 0.214. The van der Waals surface area contributed by atoms with Gasteiger partial charge in [0.05, 0.1) is 11.9 Å². The second-order valence-electron chi connectivity index (χ2n) is 5.96. The topological polar surface area (TPSA) is 91.3 Å². The summed E-state index contributed by atoms with van der Waals surface area (Å²) in [6.07, 6.45) is 3.20. The van der Waals surface area contributed by atoms with Crippen molar-refractivity contribution in [2.45, 2.75) is 12.5 Å². The number of pyridine rings is 1. The fourth-order valence-corrected chi connectivity index (χ4v) is 3.33. The fraction of sp³-hybridized carbons (Fsp3) is 0.211. The number of halogens is 3. The molecule has 0 fully saturated rings. The van der Waals surface area contributed by atoms with Crippen molar-refractivity contribution >= 4 is 51.3 Å². The number of anilines is 2. The van der Waals surface area contributed by atoms with Gasteiger partial charge in [-0.05, 0) is 45.8 Å². The Morgan fingerprint density at radius 3 is 2.66 bits per heavy atom. The summed E-state index contributed by atoms with van der Waals surface area (Å²) in [4.78, 5) is 18.0. The monoisotopic (exact) mass is 500 g/mol. The Balaban J connectivity index is 0.00000300. The molecule has 0 saturated carbocycles. The number of rotatable bonds is 7. The van der Waals surface area contributed by atoms with Crippen molar-refractivity contribution in [2.75, 3.05) is 18.6 Å². The summed E-state index contributed by atoms with van der Waals surface area (Å²) < 4.78 is 6.39. The van der Waals surface area contributed by atoms with E-state index in [1.807, 2.05) is 18.2 Å². The van der Waals surface area contributed by atoms with Crippen LogP contribution in [0.4, 0.5) is 11.4 Å². The number of aromatic nitrogens is 3. The van der Waals surface area contributed by atoms with E-state index in [0.29, 0.717) is 17.1 Å². The number of ether oxygens (including phenoxy) is 1. The maximum absolute atomic E-state index is 12.1. The van der Waals surface area contributed by atoms with Crippen LogP contribution in [0.3, 0.4) is 0 Å². The molecule has 0 amide bonds. The molecular formula is C19H19BrCl2N4O3. The van der Waals surface area contributed by atoms with Crippen molar-refractivity contribution in [3.63, 3.8) is 0 Å². The van der Waals surface area contributed by atoms with E-state index in [9.17, 15) is 9.90 Å². The normalized spacial score (nSPS) is 11.4. The molecule has 0 radical (unpaired) electrons. The molecule has 154 valence electrons. The lowest BCUT2D eigenvalue weighted by atomic mass is 10.1. The van der Waals surface area contributed by atoms with Crippen LogP contribution in [0.1, 0.15) is 18.1 Å². The lowest BCUT2D eigenvalue weighted by molar-refractivity contribution is 0.149. The van der Waals surface area contributed by atoms with Crippen LogP contribution < -0.4 is 15.2 Å². The standard InChI is InChI=1S/C19H18BrClN4O3.ClH/c1-25(14-3-2-9-22-11-14)17-16(20)18(27)23-24-19(17)28-15(8-10-26)12-4-6-13(21)7-5-12;/h2-7,9,11,15,26H,8,10H2,1H3,(H,23,27);1H. The summed E-state index contributed by atoms with van der Waals surface area (Å²) in [7, 11) is 1.79. The van der Waals surface area contributed by atoms with Crippen LogP contribution in [-0.4, -0.2) is 33.9 Å². The van der Waals surface area contributed by atoms with Crippen LogP contribution in [0.2, 0.25) is 5.02 Å². The van der Waals surface area contributed by atoms with E-state index in [2.05, 4.69) is 31.1 Å². The Hall–Kier alpha value is -2.13. The Bertz CT molecular complexity index is 987. The summed E-state index contributed by atoms with van der Waals surface area (Å²) in [6, 6.07) is 10.8. The Morgan fingerprint density at radius 1 is 1.31 bits per heavy atom. The zero-order chi connectivity index (χ0) is 20.1. The first-order chi connectivity index (χ1) is 13.5. The molecule has 2 heterocycles. The minimum Gasteiger partial charge on any atom is -0.467 e. The first kappa shape index (κ1) is 23.2. The molecular weight excluding hydrogens is 483 g/mol. The zero-order valence-electron chi connectivity index (χ0n) is 15.4. The number of aromatic amines is 1. The summed E-state index contributed by atoms with van der Waals surface area (Å²) in [6.45, 7) is -0.0778. The van der Waals surface area contributed by atoms with Crippen molar-refractivity contribution in [1.82, 2.24) is 15.2 Å². The van der Waals surface area contributed by atoms with E-state index in [1.165, 1.54) is 0 Å². The third-order valence-electron chi connectivity index (χ3n) is 4.12. The number of hydrogen-bond donors (Lipinski definition) is 2. The highest BCUT2D eigenvalue weighted by atomic mass is 79.9. The minimum absolute atomic E-state index is 0. The number of aliphatic hydroxyl groups excluding tert-OH is 1. The quantitative estimate of drug-likeness (QED) is 0.502. The number of aliphatic hydroxyl groups is 1. The van der Waals surface area contributed by atoms with Gasteiger partial charge in [-0.25, -0.2) is 5.10 Å². The number of nitrogens with zero attached hydrogens (tertiary/aromatic N) is 3. The minimum atomic E-state index is -0.478. The molecule has 0 aliphatic carbocycles. The molecule has 3 rings (SSSR count). The van der Waals surface area contributed by atoms with Gasteiger partial charge in [-0.1, -0.05) is 23.7 Å². The van der Waals surface area contributed by atoms with E-state index in [-0.39, 0.29) is 34.9 Å². The highest BCUT2D eigenvalue weighted by Gasteiger charge is 2.23. The van der Waals surface area contributed by atoms with Crippen molar-refractivity contribution in [3.05, 3.63) is 74.2 Å². The maximum Gasteiger partial charge on any atom is 0.280 e. The van der Waals surface area contributed by atoms with Crippen molar-refractivity contribution in [1.29, 1.82) is 0 Å². The molecule has 3 aromatic rings. The number of benzene rings is 1. The summed E-state index contributed by atoms with van der Waals surface area (Å²) in [5.41, 5.74) is 1.65. The number of nitrogens with one attached hydrogen (secondary N) is 1. The molecule has 0 spiro atoms. The molecule has 0 saturated heterocycles. The average molecular weight is 502 g/mol. The van der Waals surface area contributed by atoms with Crippen LogP contribution in [0, 0.1) is 0 Å². The molecule has 7 nitrogen and oxygen atoms in total. The smallest absolute Gasteiger partial charge is 0.280 e. The maximum atomic E-state index is 12.1. The SMILES string of the molecule is CN(c1cccnc1)c1c(OC(CCO)c2ccc(Cl)cc2)n[nH]c(=O)c1Br.Cl. The van der Waals surface area contributed by atoms with E-state index in [1.54, 1.807) is 42.5 Å². The van der Waals surface area contributed by atoms with E-state index < -0.39 is 6.10 Å². The van der Waals surface area contributed by atoms with Gasteiger partial charge in [0.1, 0.15) is 16.3 Å². The lowest BCUT2D eigenvalue weighted by Gasteiger charge is -2.25. The van der Waals surface area contributed by atoms with Crippen LogP contribution in [-0.2, 0) is 0 Å². The largest absolute Gasteiger partial charge is 0.467 e. The van der Waals surface area contributed by atoms with Gasteiger partial charge in [-0.15, -0.1) is 17.5 Å². The molecule has 1 unspecified atom stereocenters. The second kappa shape index (κ2) is 10.6. The molecule has 1 atom stereocenters. The molecule has 29 heavy (non-hydrogen) atoms. The predicted molar refractivity (Wildman–Crippen MR) is 119 cm³/mol. The van der Waals surface area contributed by atoms with Gasteiger partial charge in [0.25, 0.3) is 11.4 Å².